The highest BCUT2D eigenvalue weighted by atomic mass is 35.5. The Kier molecular flexibility index (Phi) is 3.91. The number of hydrogen-bond donors (Lipinski definition) is 1. The Labute approximate surface area is 112 Å². The van der Waals surface area contributed by atoms with Crippen LogP contribution in [0.4, 0.5) is 0 Å². The summed E-state index contributed by atoms with van der Waals surface area (Å²) in [5, 5.41) is 8.75. The van der Waals surface area contributed by atoms with Crippen molar-refractivity contribution < 1.29 is 8.42 Å². The van der Waals surface area contributed by atoms with Crippen LogP contribution in [0, 0.1) is 11.3 Å². The van der Waals surface area contributed by atoms with Crippen LogP contribution in [-0.2, 0) is 10.0 Å². The lowest BCUT2D eigenvalue weighted by Gasteiger charge is -2.16. The number of nitriles is 1. The van der Waals surface area contributed by atoms with Crippen LogP contribution in [0.2, 0.25) is 0 Å². The highest BCUT2D eigenvalue weighted by molar-refractivity contribution is 7.89. The van der Waals surface area contributed by atoms with Crippen molar-refractivity contribution in [3.8, 4) is 6.07 Å². The van der Waals surface area contributed by atoms with E-state index in [4.69, 9.17) is 16.9 Å². The molecule has 0 bridgehead atoms. The van der Waals surface area contributed by atoms with Crippen LogP contribution in [0.1, 0.15) is 24.8 Å². The summed E-state index contributed by atoms with van der Waals surface area (Å²) in [5.74, 6) is 0. The van der Waals surface area contributed by atoms with E-state index in [1.165, 1.54) is 12.1 Å². The molecule has 1 fully saturated rings. The summed E-state index contributed by atoms with van der Waals surface area (Å²) in [7, 11) is -3.68. The first kappa shape index (κ1) is 13.3. The van der Waals surface area contributed by atoms with Crippen LogP contribution in [0.15, 0.2) is 29.2 Å². The van der Waals surface area contributed by atoms with Crippen LogP contribution in [0.3, 0.4) is 0 Å². The van der Waals surface area contributed by atoms with Gasteiger partial charge in [0.15, 0.2) is 0 Å². The Morgan fingerprint density at radius 2 is 2.06 bits per heavy atom. The summed E-state index contributed by atoms with van der Waals surface area (Å²) in [4.78, 5) is 0.0169. The summed E-state index contributed by atoms with van der Waals surface area (Å²) in [5.41, 5.74) is 0.147. The molecule has 18 heavy (non-hydrogen) atoms. The van der Waals surface area contributed by atoms with Gasteiger partial charge in [-0.2, -0.15) is 5.26 Å². The SMILES string of the molecule is N#Cc1ccccc1S(=O)(=O)NC1CCCC1Cl. The highest BCUT2D eigenvalue weighted by Crippen LogP contribution is 2.26. The minimum atomic E-state index is -3.68. The van der Waals surface area contributed by atoms with E-state index in [-0.39, 0.29) is 21.9 Å². The molecule has 1 aromatic carbocycles. The molecule has 0 radical (unpaired) electrons. The standard InChI is InChI=1S/C12H13ClN2O2S/c13-10-5-3-6-11(10)15-18(16,17)12-7-2-1-4-9(12)8-14/h1-2,4,7,10-11,15H,3,5-6H2. The first-order valence-corrected chi connectivity index (χ1v) is 7.62. The van der Waals surface area contributed by atoms with Gasteiger partial charge in [-0.15, -0.1) is 11.6 Å². The largest absolute Gasteiger partial charge is 0.242 e. The molecule has 0 amide bonds. The fourth-order valence-corrected chi connectivity index (χ4v) is 3.99. The molecule has 0 heterocycles. The quantitative estimate of drug-likeness (QED) is 0.863. The minimum absolute atomic E-state index is 0.0169. The van der Waals surface area contributed by atoms with Gasteiger partial charge in [0.2, 0.25) is 10.0 Å². The number of nitrogens with zero attached hydrogens (tertiary/aromatic N) is 1. The zero-order valence-corrected chi connectivity index (χ0v) is 11.2. The van der Waals surface area contributed by atoms with Crippen molar-refractivity contribution in [3.05, 3.63) is 29.8 Å². The molecule has 1 N–H and O–H groups in total. The maximum absolute atomic E-state index is 12.2. The summed E-state index contributed by atoms with van der Waals surface area (Å²) >= 11 is 6.05. The lowest BCUT2D eigenvalue weighted by Crippen LogP contribution is -2.38. The smallest absolute Gasteiger partial charge is 0.207 e. The lowest BCUT2D eigenvalue weighted by molar-refractivity contribution is 0.553. The average Bonchev–Trinajstić information content (AvgIpc) is 2.74. The highest BCUT2D eigenvalue weighted by Gasteiger charge is 2.30. The van der Waals surface area contributed by atoms with E-state index in [0.717, 1.165) is 19.3 Å². The Morgan fingerprint density at radius 3 is 2.67 bits per heavy atom. The Bertz CT molecular complexity index is 580. The molecule has 1 aromatic rings. The molecule has 96 valence electrons. The molecule has 6 heteroatoms. The summed E-state index contributed by atoms with van der Waals surface area (Å²) in [6.07, 6.45) is 2.47. The zero-order valence-electron chi connectivity index (χ0n) is 9.64. The van der Waals surface area contributed by atoms with Crippen molar-refractivity contribution in [1.82, 2.24) is 4.72 Å². The molecule has 2 unspecified atom stereocenters. The van der Waals surface area contributed by atoms with Gasteiger partial charge in [-0.1, -0.05) is 18.6 Å². The van der Waals surface area contributed by atoms with E-state index in [0.29, 0.717) is 0 Å². The third kappa shape index (κ3) is 2.66. The van der Waals surface area contributed by atoms with E-state index in [2.05, 4.69) is 4.72 Å². The third-order valence-corrected chi connectivity index (χ3v) is 5.11. The zero-order chi connectivity index (χ0) is 13.2. The molecule has 0 aliphatic heterocycles. The van der Waals surface area contributed by atoms with Crippen LogP contribution in [0.25, 0.3) is 0 Å². The predicted octanol–water partition coefficient (Wildman–Crippen LogP) is 2.00. The van der Waals surface area contributed by atoms with Gasteiger partial charge in [-0.3, -0.25) is 0 Å². The van der Waals surface area contributed by atoms with E-state index in [1.807, 2.05) is 6.07 Å². The number of nitrogens with one attached hydrogen (secondary N) is 1. The van der Waals surface area contributed by atoms with Gasteiger partial charge in [-0.25, -0.2) is 13.1 Å². The van der Waals surface area contributed by atoms with E-state index in [9.17, 15) is 8.42 Å². The molecule has 1 aliphatic rings. The van der Waals surface area contributed by atoms with Crippen LogP contribution in [-0.4, -0.2) is 19.8 Å². The van der Waals surface area contributed by atoms with E-state index in [1.54, 1.807) is 12.1 Å². The first-order chi connectivity index (χ1) is 8.54. The predicted molar refractivity (Wildman–Crippen MR) is 68.8 cm³/mol. The van der Waals surface area contributed by atoms with Gasteiger partial charge in [0.05, 0.1) is 10.5 Å². The summed E-state index contributed by atoms with van der Waals surface area (Å²) in [6.45, 7) is 0. The normalized spacial score (nSPS) is 23.8. The molecular formula is C12H13ClN2O2S. The average molecular weight is 285 g/mol. The molecule has 0 aromatic heterocycles. The van der Waals surface area contributed by atoms with Crippen molar-refractivity contribution >= 4 is 21.6 Å². The molecule has 0 spiro atoms. The molecule has 1 saturated carbocycles. The van der Waals surface area contributed by atoms with Gasteiger partial charge in [-0.05, 0) is 25.0 Å². The number of hydrogen-bond acceptors (Lipinski definition) is 3. The topological polar surface area (TPSA) is 70.0 Å². The Balaban J connectivity index is 2.29. The van der Waals surface area contributed by atoms with E-state index >= 15 is 0 Å². The second-order valence-corrected chi connectivity index (χ2v) is 6.53. The summed E-state index contributed by atoms with van der Waals surface area (Å²) in [6, 6.07) is 7.79. The fraction of sp³-hybridized carbons (Fsp3) is 0.417. The van der Waals surface area contributed by atoms with Crippen molar-refractivity contribution in [2.45, 2.75) is 35.6 Å². The van der Waals surface area contributed by atoms with Gasteiger partial charge in [0, 0.05) is 11.4 Å². The number of benzene rings is 1. The molecule has 2 atom stereocenters. The molecule has 2 rings (SSSR count). The van der Waals surface area contributed by atoms with Crippen molar-refractivity contribution in [1.29, 1.82) is 5.26 Å². The third-order valence-electron chi connectivity index (χ3n) is 3.04. The van der Waals surface area contributed by atoms with Gasteiger partial charge >= 0.3 is 0 Å². The first-order valence-electron chi connectivity index (χ1n) is 5.70. The van der Waals surface area contributed by atoms with E-state index < -0.39 is 10.0 Å². The van der Waals surface area contributed by atoms with Gasteiger partial charge in [0.25, 0.3) is 0 Å². The Hall–Kier alpha value is -1.09. The maximum atomic E-state index is 12.2. The molecule has 1 aliphatic carbocycles. The van der Waals surface area contributed by atoms with Crippen molar-refractivity contribution in [2.75, 3.05) is 0 Å². The minimum Gasteiger partial charge on any atom is -0.207 e. The number of sulfonamides is 1. The van der Waals surface area contributed by atoms with Gasteiger partial charge < -0.3 is 0 Å². The second-order valence-electron chi connectivity index (χ2n) is 4.28. The number of halogens is 1. The maximum Gasteiger partial charge on any atom is 0.242 e. The lowest BCUT2D eigenvalue weighted by atomic mass is 10.2. The van der Waals surface area contributed by atoms with Gasteiger partial charge in [0.1, 0.15) is 6.07 Å². The molecular weight excluding hydrogens is 272 g/mol. The Morgan fingerprint density at radius 1 is 1.33 bits per heavy atom. The van der Waals surface area contributed by atoms with Crippen LogP contribution in [0.5, 0.6) is 0 Å². The number of alkyl halides is 1. The molecule has 0 saturated heterocycles. The van der Waals surface area contributed by atoms with Crippen LogP contribution < -0.4 is 4.72 Å². The second kappa shape index (κ2) is 5.27. The monoisotopic (exact) mass is 284 g/mol. The van der Waals surface area contributed by atoms with Crippen LogP contribution >= 0.6 is 11.6 Å². The summed E-state index contributed by atoms with van der Waals surface area (Å²) < 4.78 is 27.0. The molecule has 4 nitrogen and oxygen atoms in total. The number of rotatable bonds is 3. The fourth-order valence-electron chi connectivity index (χ4n) is 2.10. The van der Waals surface area contributed by atoms with Crippen molar-refractivity contribution in [2.24, 2.45) is 0 Å². The van der Waals surface area contributed by atoms with Crippen molar-refractivity contribution in [3.63, 3.8) is 0 Å².